The van der Waals surface area contributed by atoms with E-state index in [0.717, 1.165) is 28.4 Å². The third kappa shape index (κ3) is 3.42. The van der Waals surface area contributed by atoms with E-state index in [9.17, 15) is 0 Å². The van der Waals surface area contributed by atoms with Crippen LogP contribution in [0.25, 0.3) is 0 Å². The summed E-state index contributed by atoms with van der Waals surface area (Å²) in [6.45, 7) is 0.911. The Morgan fingerprint density at radius 2 is 1.80 bits per heavy atom. The van der Waals surface area contributed by atoms with Crippen molar-refractivity contribution >= 4 is 0 Å². The van der Waals surface area contributed by atoms with Crippen molar-refractivity contribution in [3.05, 3.63) is 53.6 Å². The molecule has 0 radical (unpaired) electrons. The Balaban J connectivity index is 2.12. The van der Waals surface area contributed by atoms with Gasteiger partial charge >= 0.3 is 0 Å². The molecule has 2 rings (SSSR count). The zero-order chi connectivity index (χ0) is 14.4. The van der Waals surface area contributed by atoms with Crippen LogP contribution in [0, 0.1) is 0 Å². The average molecular weight is 273 g/mol. The molecule has 0 aliphatic rings. The maximum Gasteiger partial charge on any atom is 0.125 e. The number of hydrogen-bond acceptors (Lipinski definition) is 4. The molecule has 0 saturated heterocycles. The first kappa shape index (κ1) is 14.2. The van der Waals surface area contributed by atoms with Gasteiger partial charge in [0, 0.05) is 12.1 Å². The molecule has 0 amide bonds. The molecular weight excluding hydrogens is 254 g/mol. The Kier molecular flexibility index (Phi) is 4.85. The van der Waals surface area contributed by atoms with E-state index < -0.39 is 0 Å². The van der Waals surface area contributed by atoms with E-state index >= 15 is 0 Å². The van der Waals surface area contributed by atoms with Gasteiger partial charge in [-0.05, 0) is 35.9 Å². The molecule has 4 heteroatoms. The first-order chi connectivity index (χ1) is 9.76. The highest BCUT2D eigenvalue weighted by Gasteiger charge is 2.06. The molecule has 2 N–H and O–H groups in total. The van der Waals surface area contributed by atoms with Crippen molar-refractivity contribution in [3.8, 4) is 17.2 Å². The van der Waals surface area contributed by atoms with Crippen LogP contribution in [0.5, 0.6) is 17.2 Å². The maximum atomic E-state index is 5.79. The van der Waals surface area contributed by atoms with Crippen molar-refractivity contribution in [2.75, 3.05) is 14.2 Å². The topological polar surface area (TPSA) is 53.7 Å². The van der Waals surface area contributed by atoms with E-state index in [1.807, 2.05) is 42.5 Å². The summed E-state index contributed by atoms with van der Waals surface area (Å²) in [4.78, 5) is 0. The number of hydrogen-bond donors (Lipinski definition) is 1. The van der Waals surface area contributed by atoms with Gasteiger partial charge in [-0.15, -0.1) is 0 Å². The lowest BCUT2D eigenvalue weighted by Crippen LogP contribution is -2.01. The highest BCUT2D eigenvalue weighted by atomic mass is 16.5. The summed E-state index contributed by atoms with van der Waals surface area (Å²) in [5, 5.41) is 0. The van der Waals surface area contributed by atoms with Gasteiger partial charge in [-0.25, -0.2) is 0 Å². The third-order valence-corrected chi connectivity index (χ3v) is 3.02. The van der Waals surface area contributed by atoms with Crippen LogP contribution in [-0.4, -0.2) is 14.2 Å². The zero-order valence-corrected chi connectivity index (χ0v) is 11.8. The largest absolute Gasteiger partial charge is 0.497 e. The molecule has 0 atom stereocenters. The van der Waals surface area contributed by atoms with Crippen LogP contribution in [0.4, 0.5) is 0 Å². The fourth-order valence-corrected chi connectivity index (χ4v) is 1.92. The molecule has 0 aromatic heterocycles. The van der Waals surface area contributed by atoms with Crippen molar-refractivity contribution in [1.29, 1.82) is 0 Å². The zero-order valence-electron chi connectivity index (χ0n) is 11.8. The Morgan fingerprint density at radius 3 is 2.50 bits per heavy atom. The minimum Gasteiger partial charge on any atom is -0.497 e. The van der Waals surface area contributed by atoms with Crippen LogP contribution in [-0.2, 0) is 13.2 Å². The number of benzene rings is 2. The first-order valence-corrected chi connectivity index (χ1v) is 6.39. The van der Waals surface area contributed by atoms with E-state index in [2.05, 4.69) is 0 Å². The van der Waals surface area contributed by atoms with E-state index in [4.69, 9.17) is 19.9 Å². The predicted molar refractivity (Wildman–Crippen MR) is 78.2 cm³/mol. The minimum absolute atomic E-state index is 0.411. The molecule has 0 spiro atoms. The van der Waals surface area contributed by atoms with Crippen molar-refractivity contribution in [3.63, 3.8) is 0 Å². The van der Waals surface area contributed by atoms with Crippen molar-refractivity contribution in [2.24, 2.45) is 5.73 Å². The molecule has 0 aliphatic carbocycles. The SMILES string of the molecule is COc1ccc(OC)c(COc2cccc(CN)c2)c1. The summed E-state index contributed by atoms with van der Waals surface area (Å²) in [5.41, 5.74) is 7.59. The maximum absolute atomic E-state index is 5.79. The second-order valence-corrected chi connectivity index (χ2v) is 4.32. The summed E-state index contributed by atoms with van der Waals surface area (Å²) in [6.07, 6.45) is 0. The molecule has 0 bridgehead atoms. The normalized spacial score (nSPS) is 10.2. The van der Waals surface area contributed by atoms with Crippen molar-refractivity contribution in [2.45, 2.75) is 13.2 Å². The summed E-state index contributed by atoms with van der Waals surface area (Å²) in [6, 6.07) is 13.4. The van der Waals surface area contributed by atoms with Gasteiger partial charge in [0.25, 0.3) is 0 Å². The molecule has 106 valence electrons. The fraction of sp³-hybridized carbons (Fsp3) is 0.250. The summed E-state index contributed by atoms with van der Waals surface area (Å²) in [5.74, 6) is 2.35. The summed E-state index contributed by atoms with van der Waals surface area (Å²) >= 11 is 0. The van der Waals surface area contributed by atoms with Gasteiger partial charge in [-0.3, -0.25) is 0 Å². The summed E-state index contributed by atoms with van der Waals surface area (Å²) in [7, 11) is 3.28. The number of nitrogens with two attached hydrogens (primary N) is 1. The molecule has 0 fully saturated rings. The van der Waals surface area contributed by atoms with E-state index in [1.54, 1.807) is 14.2 Å². The molecule has 2 aromatic carbocycles. The third-order valence-electron chi connectivity index (χ3n) is 3.02. The molecule has 0 saturated carbocycles. The lowest BCUT2D eigenvalue weighted by Gasteiger charge is -2.12. The van der Waals surface area contributed by atoms with E-state index in [1.165, 1.54) is 0 Å². The van der Waals surface area contributed by atoms with E-state index in [-0.39, 0.29) is 0 Å². The monoisotopic (exact) mass is 273 g/mol. The van der Waals surface area contributed by atoms with Gasteiger partial charge in [0.05, 0.1) is 14.2 Å². The quantitative estimate of drug-likeness (QED) is 0.879. The molecule has 0 unspecified atom stereocenters. The molecule has 0 heterocycles. The number of methoxy groups -OCH3 is 2. The van der Waals surface area contributed by atoms with Gasteiger partial charge in [-0.2, -0.15) is 0 Å². The molecular formula is C16H19NO3. The molecule has 4 nitrogen and oxygen atoms in total. The predicted octanol–water partition coefficient (Wildman–Crippen LogP) is 2.74. The number of rotatable bonds is 6. The van der Waals surface area contributed by atoms with Crippen molar-refractivity contribution < 1.29 is 14.2 Å². The molecule has 2 aromatic rings. The lowest BCUT2D eigenvalue weighted by molar-refractivity contribution is 0.295. The molecule has 0 aliphatic heterocycles. The standard InChI is InChI=1S/C16H19NO3/c1-18-14-6-7-16(19-2)13(9-14)11-20-15-5-3-4-12(8-15)10-17/h3-9H,10-11,17H2,1-2H3. The molecule has 20 heavy (non-hydrogen) atoms. The Labute approximate surface area is 119 Å². The Hall–Kier alpha value is -2.20. The number of ether oxygens (including phenoxy) is 3. The smallest absolute Gasteiger partial charge is 0.125 e. The van der Waals surface area contributed by atoms with Crippen LogP contribution >= 0.6 is 0 Å². The average Bonchev–Trinajstić information content (AvgIpc) is 2.52. The van der Waals surface area contributed by atoms with Gasteiger partial charge in [0.15, 0.2) is 0 Å². The van der Waals surface area contributed by atoms with Gasteiger partial charge in [0.2, 0.25) is 0 Å². The lowest BCUT2D eigenvalue weighted by atomic mass is 10.2. The summed E-state index contributed by atoms with van der Waals surface area (Å²) < 4.78 is 16.3. The Bertz CT molecular complexity index is 569. The van der Waals surface area contributed by atoms with Gasteiger partial charge < -0.3 is 19.9 Å². The second-order valence-electron chi connectivity index (χ2n) is 4.32. The fourth-order valence-electron chi connectivity index (χ4n) is 1.92. The second kappa shape index (κ2) is 6.82. The van der Waals surface area contributed by atoms with Gasteiger partial charge in [0.1, 0.15) is 23.9 Å². The van der Waals surface area contributed by atoms with Crippen LogP contribution < -0.4 is 19.9 Å². The minimum atomic E-state index is 0.411. The first-order valence-electron chi connectivity index (χ1n) is 6.39. The highest BCUT2D eigenvalue weighted by Crippen LogP contribution is 2.25. The van der Waals surface area contributed by atoms with E-state index in [0.29, 0.717) is 13.2 Å². The van der Waals surface area contributed by atoms with Crippen LogP contribution in [0.1, 0.15) is 11.1 Å². The van der Waals surface area contributed by atoms with Crippen LogP contribution in [0.2, 0.25) is 0 Å². The van der Waals surface area contributed by atoms with Crippen molar-refractivity contribution in [1.82, 2.24) is 0 Å². The van der Waals surface area contributed by atoms with Crippen LogP contribution in [0.15, 0.2) is 42.5 Å². The van der Waals surface area contributed by atoms with Crippen LogP contribution in [0.3, 0.4) is 0 Å². The highest BCUT2D eigenvalue weighted by molar-refractivity contribution is 5.40. The Morgan fingerprint density at radius 1 is 0.950 bits per heavy atom. The van der Waals surface area contributed by atoms with Gasteiger partial charge in [-0.1, -0.05) is 12.1 Å².